The maximum absolute atomic E-state index is 11.6. The number of hydrazine groups is 1. The zero-order chi connectivity index (χ0) is 22.6. The second kappa shape index (κ2) is 9.74. The third kappa shape index (κ3) is 4.97. The van der Waals surface area contributed by atoms with E-state index in [4.69, 9.17) is 26.2 Å². The van der Waals surface area contributed by atoms with Crippen molar-refractivity contribution in [1.82, 2.24) is 15.8 Å². The number of carboxylic acid groups (broad SMARTS) is 1. The average molecular weight is 461 g/mol. The highest BCUT2D eigenvalue weighted by molar-refractivity contribution is 6.30. The van der Waals surface area contributed by atoms with Gasteiger partial charge in [-0.25, -0.2) is 15.2 Å². The minimum atomic E-state index is -1.31. The van der Waals surface area contributed by atoms with Crippen molar-refractivity contribution in [3.63, 3.8) is 0 Å². The molecule has 2 aliphatic heterocycles. The first kappa shape index (κ1) is 22.3. The van der Waals surface area contributed by atoms with Crippen LogP contribution in [0, 0.1) is 0 Å². The van der Waals surface area contributed by atoms with Crippen LogP contribution in [0.15, 0.2) is 47.5 Å². The highest BCUT2D eigenvalue weighted by Gasteiger charge is 2.45. The number of piperidine rings is 1. The Labute approximate surface area is 190 Å². The Kier molecular flexibility index (Phi) is 6.80. The van der Waals surface area contributed by atoms with Gasteiger partial charge in [-0.2, -0.15) is 4.89 Å². The van der Waals surface area contributed by atoms with Crippen LogP contribution in [0.4, 0.5) is 10.5 Å². The van der Waals surface area contributed by atoms with Crippen molar-refractivity contribution < 1.29 is 24.4 Å². The molecule has 0 amide bonds. The Morgan fingerprint density at radius 2 is 2.00 bits per heavy atom. The van der Waals surface area contributed by atoms with Gasteiger partial charge >= 0.3 is 6.16 Å². The van der Waals surface area contributed by atoms with Crippen molar-refractivity contribution in [2.75, 3.05) is 20.2 Å². The number of ether oxygens (including phenoxy) is 1. The van der Waals surface area contributed by atoms with Crippen LogP contribution >= 0.6 is 11.6 Å². The van der Waals surface area contributed by atoms with Crippen LogP contribution < -0.4 is 15.6 Å². The van der Waals surface area contributed by atoms with E-state index in [0.29, 0.717) is 55.6 Å². The zero-order valence-corrected chi connectivity index (χ0v) is 18.4. The first-order chi connectivity index (χ1) is 15.5. The minimum Gasteiger partial charge on any atom is -0.450 e. The maximum Gasteiger partial charge on any atom is 0.506 e. The van der Waals surface area contributed by atoms with E-state index in [9.17, 15) is 9.90 Å². The maximum atomic E-state index is 11.6. The Balaban J connectivity index is 1.63. The summed E-state index contributed by atoms with van der Waals surface area (Å²) < 4.78 is 5.49. The van der Waals surface area contributed by atoms with Crippen LogP contribution in [0.1, 0.15) is 24.0 Å². The number of carbonyl (C=O) groups is 1. The van der Waals surface area contributed by atoms with Gasteiger partial charge in [-0.05, 0) is 49.0 Å². The molecule has 0 unspecified atom stereocenters. The second-order valence-electron chi connectivity index (χ2n) is 7.64. The standard InChI is InChI=1S/C22H25ClN4O5/c1-30-32-18-5-2-15(3-6-18)13-25-27-14-16-12-17(23)4-7-19(16)26-20(27)22(31-21(28)29)8-10-24-11-9-22/h2-7,12,24-25H,8-11,13-14H2,1H3,(H,28,29). The predicted octanol–water partition coefficient (Wildman–Crippen LogP) is 3.65. The van der Waals surface area contributed by atoms with Gasteiger partial charge in [0.1, 0.15) is 0 Å². The van der Waals surface area contributed by atoms with E-state index in [0.717, 1.165) is 16.8 Å². The first-order valence-electron chi connectivity index (χ1n) is 10.3. The molecule has 9 nitrogen and oxygen atoms in total. The van der Waals surface area contributed by atoms with Gasteiger partial charge in [0, 0.05) is 30.0 Å². The van der Waals surface area contributed by atoms with Gasteiger partial charge in [0.25, 0.3) is 0 Å². The molecule has 2 aromatic rings. The quantitative estimate of drug-likeness (QED) is 0.327. The summed E-state index contributed by atoms with van der Waals surface area (Å²) in [6.07, 6.45) is -0.338. The summed E-state index contributed by atoms with van der Waals surface area (Å²) >= 11 is 6.20. The number of amidine groups is 1. The summed E-state index contributed by atoms with van der Waals surface area (Å²) in [5, 5.41) is 15.2. The largest absolute Gasteiger partial charge is 0.506 e. The van der Waals surface area contributed by atoms with Crippen LogP contribution in [0.3, 0.4) is 0 Å². The van der Waals surface area contributed by atoms with Gasteiger partial charge < -0.3 is 20.0 Å². The summed E-state index contributed by atoms with van der Waals surface area (Å²) in [5.41, 5.74) is 5.05. The lowest BCUT2D eigenvalue weighted by Gasteiger charge is -2.43. The molecule has 0 aliphatic carbocycles. The van der Waals surface area contributed by atoms with Crippen LogP contribution in [0.2, 0.25) is 5.02 Å². The molecule has 3 N–H and O–H groups in total. The Morgan fingerprint density at radius 1 is 1.25 bits per heavy atom. The lowest BCUT2D eigenvalue weighted by atomic mass is 9.89. The van der Waals surface area contributed by atoms with E-state index in [1.807, 2.05) is 41.4 Å². The molecule has 1 fully saturated rings. The van der Waals surface area contributed by atoms with E-state index in [1.165, 1.54) is 7.11 Å². The third-order valence-electron chi connectivity index (χ3n) is 5.53. The highest BCUT2D eigenvalue weighted by atomic mass is 35.5. The third-order valence-corrected chi connectivity index (χ3v) is 5.77. The minimum absolute atomic E-state index is 0.470. The molecule has 170 valence electrons. The summed E-state index contributed by atoms with van der Waals surface area (Å²) in [6, 6.07) is 12.9. The summed E-state index contributed by atoms with van der Waals surface area (Å²) in [4.78, 5) is 26.1. The lowest BCUT2D eigenvalue weighted by Crippen LogP contribution is -2.59. The molecule has 0 radical (unpaired) electrons. The van der Waals surface area contributed by atoms with Crippen molar-refractivity contribution in [2.45, 2.75) is 31.5 Å². The van der Waals surface area contributed by atoms with Gasteiger partial charge in [-0.1, -0.05) is 23.7 Å². The predicted molar refractivity (Wildman–Crippen MR) is 119 cm³/mol. The molecule has 1 saturated heterocycles. The fraction of sp³-hybridized carbons (Fsp3) is 0.364. The average Bonchev–Trinajstić information content (AvgIpc) is 2.78. The van der Waals surface area contributed by atoms with Crippen molar-refractivity contribution in [3.8, 4) is 5.75 Å². The number of fused-ring (bicyclic) bond motifs is 1. The molecule has 0 aromatic heterocycles. The first-order valence-corrected chi connectivity index (χ1v) is 10.7. The fourth-order valence-corrected chi connectivity index (χ4v) is 4.20. The second-order valence-corrected chi connectivity index (χ2v) is 8.07. The smallest absolute Gasteiger partial charge is 0.450 e. The summed E-state index contributed by atoms with van der Waals surface area (Å²) in [5.74, 6) is 1.15. The van der Waals surface area contributed by atoms with Crippen LogP contribution in [-0.4, -0.2) is 47.9 Å². The molecule has 0 saturated carbocycles. The molecule has 0 bridgehead atoms. The number of aliphatic imine (C=N–C) groups is 1. The van der Waals surface area contributed by atoms with Gasteiger partial charge in [-0.15, -0.1) is 0 Å². The normalized spacial score (nSPS) is 17.3. The topological polar surface area (TPSA) is 105 Å². The van der Waals surface area contributed by atoms with E-state index >= 15 is 0 Å². The number of nitrogens with one attached hydrogen (secondary N) is 2. The van der Waals surface area contributed by atoms with Crippen LogP contribution in [0.25, 0.3) is 0 Å². The monoisotopic (exact) mass is 460 g/mol. The molecule has 4 rings (SSSR count). The van der Waals surface area contributed by atoms with E-state index < -0.39 is 11.8 Å². The van der Waals surface area contributed by atoms with Crippen LogP contribution in [-0.2, 0) is 22.7 Å². The van der Waals surface area contributed by atoms with Crippen molar-refractivity contribution in [3.05, 3.63) is 58.6 Å². The fourth-order valence-electron chi connectivity index (χ4n) is 4.00. The molecule has 32 heavy (non-hydrogen) atoms. The van der Waals surface area contributed by atoms with Gasteiger partial charge in [-0.3, -0.25) is 5.01 Å². The van der Waals surface area contributed by atoms with Gasteiger partial charge in [0.2, 0.25) is 0 Å². The SMILES string of the molecule is COOc1ccc(CNN2Cc3cc(Cl)ccc3N=C2C2(OC(=O)O)CCNCC2)cc1. The zero-order valence-electron chi connectivity index (χ0n) is 17.6. The Bertz CT molecular complexity index is 992. The number of rotatable bonds is 7. The van der Waals surface area contributed by atoms with Crippen molar-refractivity contribution in [2.24, 2.45) is 4.99 Å². The van der Waals surface area contributed by atoms with Gasteiger partial charge in [0.05, 0.1) is 19.3 Å². The molecule has 2 heterocycles. The van der Waals surface area contributed by atoms with E-state index in [2.05, 4.69) is 15.6 Å². The van der Waals surface area contributed by atoms with Crippen molar-refractivity contribution >= 4 is 29.3 Å². The Morgan fingerprint density at radius 3 is 2.69 bits per heavy atom. The lowest BCUT2D eigenvalue weighted by molar-refractivity contribution is -0.178. The Hall–Kier alpha value is -2.85. The summed E-state index contributed by atoms with van der Waals surface area (Å²) in [7, 11) is 1.45. The summed E-state index contributed by atoms with van der Waals surface area (Å²) in [6.45, 7) is 2.23. The number of hydrogen-bond acceptors (Lipinski definition) is 8. The van der Waals surface area contributed by atoms with Gasteiger partial charge in [0.15, 0.2) is 17.2 Å². The van der Waals surface area contributed by atoms with E-state index in [-0.39, 0.29) is 0 Å². The number of benzene rings is 2. The molecule has 0 atom stereocenters. The molecule has 2 aromatic carbocycles. The highest BCUT2D eigenvalue weighted by Crippen LogP contribution is 2.35. The number of hydrogen-bond donors (Lipinski definition) is 3. The van der Waals surface area contributed by atoms with Crippen molar-refractivity contribution in [1.29, 1.82) is 0 Å². The molecular formula is C22H25ClN4O5. The molecule has 2 aliphatic rings. The number of halogens is 1. The number of nitrogens with zero attached hydrogens (tertiary/aromatic N) is 2. The molecule has 0 spiro atoms. The van der Waals surface area contributed by atoms with Crippen LogP contribution in [0.5, 0.6) is 5.75 Å². The van der Waals surface area contributed by atoms with E-state index in [1.54, 1.807) is 6.07 Å². The molecular weight excluding hydrogens is 436 g/mol. The molecule has 10 heteroatoms.